The minimum absolute atomic E-state index is 0.118. The van der Waals surface area contributed by atoms with Crippen LogP contribution in [0.25, 0.3) is 0 Å². The number of benzene rings is 2. The van der Waals surface area contributed by atoms with Gasteiger partial charge in [-0.2, -0.15) is 0 Å². The van der Waals surface area contributed by atoms with Crippen molar-refractivity contribution in [3.8, 4) is 11.5 Å². The molecule has 0 bridgehead atoms. The fourth-order valence-electron chi connectivity index (χ4n) is 4.78. The highest BCUT2D eigenvalue weighted by Gasteiger charge is 2.52. The Balaban J connectivity index is 1.38. The highest BCUT2D eigenvalue weighted by molar-refractivity contribution is 8.00. The summed E-state index contributed by atoms with van der Waals surface area (Å²) >= 11 is 1.51. The normalized spacial score (nSPS) is 19.1. The van der Waals surface area contributed by atoms with Crippen LogP contribution in [0.4, 0.5) is 11.4 Å². The Labute approximate surface area is 187 Å². The zero-order valence-corrected chi connectivity index (χ0v) is 18.7. The molecular formula is C24H29N3O3S. The van der Waals surface area contributed by atoms with Gasteiger partial charge < -0.3 is 19.5 Å². The molecule has 1 spiro atoms. The van der Waals surface area contributed by atoms with Gasteiger partial charge in [0, 0.05) is 18.3 Å². The first-order chi connectivity index (χ1) is 15.2. The molecule has 7 heteroatoms. The van der Waals surface area contributed by atoms with Gasteiger partial charge in [-0.05, 0) is 74.5 Å². The average molecular weight is 440 g/mol. The molecule has 3 aliphatic rings. The van der Waals surface area contributed by atoms with Gasteiger partial charge in [0.1, 0.15) is 18.1 Å². The number of nitrogens with zero attached hydrogens (tertiary/aromatic N) is 1. The maximum atomic E-state index is 12.8. The molecule has 6 nitrogen and oxygen atoms in total. The zero-order valence-electron chi connectivity index (χ0n) is 17.9. The second-order valence-corrected chi connectivity index (χ2v) is 9.39. The third-order valence-corrected chi connectivity index (χ3v) is 7.60. The summed E-state index contributed by atoms with van der Waals surface area (Å²) < 4.78 is 15.1. The van der Waals surface area contributed by atoms with Crippen LogP contribution >= 0.6 is 11.9 Å². The number of anilines is 2. The number of hydrogen-bond donors (Lipinski definition) is 2. The molecular weight excluding hydrogens is 410 g/mol. The van der Waals surface area contributed by atoms with Gasteiger partial charge in [-0.3, -0.25) is 9.69 Å². The summed E-state index contributed by atoms with van der Waals surface area (Å²) in [5.41, 5.74) is 2.49. The summed E-state index contributed by atoms with van der Waals surface area (Å²) in [6.07, 6.45) is 5.44. The lowest BCUT2D eigenvalue weighted by molar-refractivity contribution is -0.123. The molecule has 5 rings (SSSR count). The van der Waals surface area contributed by atoms with E-state index >= 15 is 0 Å². The highest BCUT2D eigenvalue weighted by Crippen LogP contribution is 2.54. The van der Waals surface area contributed by atoms with Crippen LogP contribution in [0.5, 0.6) is 11.5 Å². The van der Waals surface area contributed by atoms with Crippen LogP contribution in [-0.2, 0) is 10.2 Å². The van der Waals surface area contributed by atoms with E-state index in [1.54, 1.807) is 7.11 Å². The number of amides is 1. The predicted molar refractivity (Wildman–Crippen MR) is 124 cm³/mol. The summed E-state index contributed by atoms with van der Waals surface area (Å²) in [5.74, 6) is 1.71. The summed E-state index contributed by atoms with van der Waals surface area (Å²) in [7, 11) is 1.68. The van der Waals surface area contributed by atoms with Gasteiger partial charge in [-0.15, -0.1) is 0 Å². The summed E-state index contributed by atoms with van der Waals surface area (Å²) in [4.78, 5) is 16.3. The number of carbonyl (C=O) groups excluding carboxylic acids is 1. The molecule has 0 radical (unpaired) electrons. The van der Waals surface area contributed by atoms with Crippen molar-refractivity contribution >= 4 is 29.2 Å². The second kappa shape index (κ2) is 8.63. The van der Waals surface area contributed by atoms with E-state index in [1.165, 1.54) is 24.8 Å². The van der Waals surface area contributed by atoms with Gasteiger partial charge in [0.05, 0.1) is 23.1 Å². The van der Waals surface area contributed by atoms with Crippen molar-refractivity contribution < 1.29 is 14.3 Å². The van der Waals surface area contributed by atoms with Gasteiger partial charge in [-0.25, -0.2) is 0 Å². The molecule has 2 heterocycles. The van der Waals surface area contributed by atoms with Crippen molar-refractivity contribution in [1.82, 2.24) is 4.90 Å². The SMILES string of the molecule is COc1ccccc1SNc1cc(OCCN2CCCC2)c2c(c1)C1(CCC1)C(=O)N2. The minimum atomic E-state index is -0.380. The van der Waals surface area contributed by atoms with Crippen LogP contribution in [0.1, 0.15) is 37.7 Å². The van der Waals surface area contributed by atoms with E-state index in [9.17, 15) is 4.79 Å². The Hall–Kier alpha value is -2.38. The number of carbonyl (C=O) groups is 1. The van der Waals surface area contributed by atoms with Gasteiger partial charge in [0.15, 0.2) is 0 Å². The quantitative estimate of drug-likeness (QED) is 0.583. The van der Waals surface area contributed by atoms with Crippen molar-refractivity contribution in [2.45, 2.75) is 42.4 Å². The molecule has 2 aromatic carbocycles. The summed E-state index contributed by atoms with van der Waals surface area (Å²) in [5, 5.41) is 3.12. The predicted octanol–water partition coefficient (Wildman–Crippen LogP) is 4.66. The number of likely N-dealkylation sites (tertiary alicyclic amines) is 1. The van der Waals surface area contributed by atoms with Crippen LogP contribution in [0, 0.1) is 0 Å². The first-order valence-corrected chi connectivity index (χ1v) is 11.9. The standard InChI is InChI=1S/C24H29N3O3S/c1-29-19-7-2-3-8-21(19)31-26-17-15-18-22(25-23(28)24(18)9-6-10-24)20(16-17)30-14-13-27-11-4-5-12-27/h2-3,7-8,15-16,26H,4-6,9-14H2,1H3,(H,25,28). The number of fused-ring (bicyclic) bond motifs is 2. The van der Waals surface area contributed by atoms with E-state index in [2.05, 4.69) is 21.0 Å². The Bertz CT molecular complexity index is 971. The third kappa shape index (κ3) is 3.85. The van der Waals surface area contributed by atoms with Crippen molar-refractivity contribution in [3.63, 3.8) is 0 Å². The van der Waals surface area contributed by atoms with E-state index in [0.717, 1.165) is 72.2 Å². The Morgan fingerprint density at radius 1 is 1.13 bits per heavy atom. The molecule has 0 aromatic heterocycles. The van der Waals surface area contributed by atoms with Crippen LogP contribution in [0.15, 0.2) is 41.3 Å². The van der Waals surface area contributed by atoms with E-state index in [1.807, 2.05) is 30.3 Å². The topological polar surface area (TPSA) is 62.8 Å². The molecule has 2 N–H and O–H groups in total. The van der Waals surface area contributed by atoms with Gasteiger partial charge in [0.25, 0.3) is 0 Å². The van der Waals surface area contributed by atoms with E-state index in [-0.39, 0.29) is 11.3 Å². The summed E-state index contributed by atoms with van der Waals surface area (Å²) in [6.45, 7) is 3.84. The zero-order chi connectivity index (χ0) is 21.3. The fourth-order valence-corrected chi connectivity index (χ4v) is 5.53. The molecule has 0 atom stereocenters. The lowest BCUT2D eigenvalue weighted by Gasteiger charge is -2.36. The van der Waals surface area contributed by atoms with Crippen molar-refractivity contribution in [3.05, 3.63) is 42.0 Å². The van der Waals surface area contributed by atoms with E-state index in [4.69, 9.17) is 9.47 Å². The highest BCUT2D eigenvalue weighted by atomic mass is 32.2. The lowest BCUT2D eigenvalue weighted by Crippen LogP contribution is -2.40. The maximum Gasteiger partial charge on any atom is 0.235 e. The Kier molecular flexibility index (Phi) is 5.71. The first kappa shape index (κ1) is 20.5. The van der Waals surface area contributed by atoms with Gasteiger partial charge in [0.2, 0.25) is 5.91 Å². The summed E-state index contributed by atoms with van der Waals surface area (Å²) in [6, 6.07) is 12.0. The van der Waals surface area contributed by atoms with E-state index in [0.29, 0.717) is 6.61 Å². The molecule has 1 amide bonds. The Morgan fingerprint density at radius 3 is 2.68 bits per heavy atom. The number of methoxy groups -OCH3 is 1. The number of ether oxygens (including phenoxy) is 2. The molecule has 1 aliphatic carbocycles. The van der Waals surface area contributed by atoms with E-state index < -0.39 is 0 Å². The molecule has 31 heavy (non-hydrogen) atoms. The molecule has 2 aromatic rings. The van der Waals surface area contributed by atoms with Crippen molar-refractivity contribution in [1.29, 1.82) is 0 Å². The third-order valence-electron chi connectivity index (χ3n) is 6.71. The van der Waals surface area contributed by atoms with Gasteiger partial charge >= 0.3 is 0 Å². The molecule has 0 unspecified atom stereocenters. The number of rotatable bonds is 8. The first-order valence-electron chi connectivity index (χ1n) is 11.1. The number of para-hydroxylation sites is 1. The minimum Gasteiger partial charge on any atom is -0.496 e. The van der Waals surface area contributed by atoms with Crippen LogP contribution in [0.2, 0.25) is 0 Å². The van der Waals surface area contributed by atoms with Gasteiger partial charge in [-0.1, -0.05) is 18.6 Å². The van der Waals surface area contributed by atoms with Crippen LogP contribution in [0.3, 0.4) is 0 Å². The molecule has 164 valence electrons. The maximum absolute atomic E-state index is 12.8. The Morgan fingerprint density at radius 2 is 1.94 bits per heavy atom. The lowest BCUT2D eigenvalue weighted by atomic mass is 9.65. The molecule has 2 fully saturated rings. The molecule has 1 saturated carbocycles. The monoisotopic (exact) mass is 439 g/mol. The number of hydrogen-bond acceptors (Lipinski definition) is 6. The van der Waals surface area contributed by atoms with Crippen molar-refractivity contribution in [2.24, 2.45) is 0 Å². The second-order valence-electron chi connectivity index (χ2n) is 8.54. The largest absolute Gasteiger partial charge is 0.496 e. The number of nitrogens with one attached hydrogen (secondary N) is 2. The van der Waals surface area contributed by atoms with Crippen LogP contribution in [-0.4, -0.2) is 44.2 Å². The smallest absolute Gasteiger partial charge is 0.235 e. The fraction of sp³-hybridized carbons (Fsp3) is 0.458. The molecule has 1 saturated heterocycles. The molecule has 2 aliphatic heterocycles. The van der Waals surface area contributed by atoms with Crippen LogP contribution < -0.4 is 19.5 Å². The average Bonchev–Trinajstić information content (AvgIpc) is 3.37. The van der Waals surface area contributed by atoms with Crippen molar-refractivity contribution in [2.75, 3.05) is 43.4 Å².